The molecule has 1 unspecified atom stereocenters. The number of hydrogen-bond acceptors (Lipinski definition) is 1. The van der Waals surface area contributed by atoms with Gasteiger partial charge in [-0.1, -0.05) is 50.2 Å². The van der Waals surface area contributed by atoms with Crippen LogP contribution in [0.3, 0.4) is 0 Å². The number of hydrogen-bond donors (Lipinski definition) is 0. The van der Waals surface area contributed by atoms with Crippen LogP contribution in [0.1, 0.15) is 20.3 Å². The zero-order chi connectivity index (χ0) is 14.9. The van der Waals surface area contributed by atoms with Crippen LogP contribution in [0.25, 0.3) is 0 Å². The minimum atomic E-state index is -2.66. The first-order chi connectivity index (χ1) is 10.1. The zero-order valence-electron chi connectivity index (χ0n) is 12.6. The summed E-state index contributed by atoms with van der Waals surface area (Å²) in [4.78, 5) is 0. The number of benzene rings is 2. The summed E-state index contributed by atoms with van der Waals surface area (Å²) >= 11 is 0. The van der Waals surface area contributed by atoms with Gasteiger partial charge in [0.1, 0.15) is 0 Å². The van der Waals surface area contributed by atoms with Crippen LogP contribution in [-0.2, 0) is 4.57 Å². The molecule has 2 aromatic rings. The van der Waals surface area contributed by atoms with Crippen molar-refractivity contribution in [3.05, 3.63) is 60.7 Å². The molecular formula is C18H22NOP. The van der Waals surface area contributed by atoms with Gasteiger partial charge in [0, 0.05) is 23.2 Å². The lowest BCUT2D eigenvalue weighted by molar-refractivity contribution is 0.523. The zero-order valence-corrected chi connectivity index (χ0v) is 13.5. The van der Waals surface area contributed by atoms with Gasteiger partial charge in [-0.25, -0.2) is 4.67 Å². The van der Waals surface area contributed by atoms with Crippen molar-refractivity contribution in [3.63, 3.8) is 0 Å². The Hall–Kier alpha value is -1.37. The van der Waals surface area contributed by atoms with E-state index in [0.29, 0.717) is 12.0 Å². The highest BCUT2D eigenvalue weighted by atomic mass is 31.2. The normalized spacial score (nSPS) is 21.5. The van der Waals surface area contributed by atoms with Crippen molar-refractivity contribution in [1.29, 1.82) is 0 Å². The molecule has 0 aromatic heterocycles. The van der Waals surface area contributed by atoms with Gasteiger partial charge in [-0.3, -0.25) is 4.57 Å². The Kier molecular flexibility index (Phi) is 4.01. The maximum atomic E-state index is 13.9. The van der Waals surface area contributed by atoms with Crippen LogP contribution in [0.2, 0.25) is 0 Å². The predicted octanol–water partition coefficient (Wildman–Crippen LogP) is 3.65. The molecule has 0 N–H and O–H groups in total. The van der Waals surface area contributed by atoms with Crippen LogP contribution < -0.4 is 10.6 Å². The molecule has 2 aromatic carbocycles. The van der Waals surface area contributed by atoms with E-state index < -0.39 is 7.29 Å². The molecule has 0 bridgehead atoms. The number of rotatable bonds is 5. The van der Waals surface area contributed by atoms with Crippen molar-refractivity contribution in [2.24, 2.45) is 5.92 Å². The molecule has 2 nitrogen and oxygen atoms in total. The third-order valence-corrected chi connectivity index (χ3v) is 7.21. The second kappa shape index (κ2) is 5.79. The molecule has 21 heavy (non-hydrogen) atoms. The van der Waals surface area contributed by atoms with E-state index in [4.69, 9.17) is 0 Å². The van der Waals surface area contributed by atoms with Crippen molar-refractivity contribution in [1.82, 2.24) is 4.67 Å². The first-order valence-corrected chi connectivity index (χ1v) is 9.26. The Morgan fingerprint density at radius 3 is 1.90 bits per heavy atom. The van der Waals surface area contributed by atoms with Crippen LogP contribution in [0.4, 0.5) is 0 Å². The quantitative estimate of drug-likeness (QED) is 0.620. The highest BCUT2D eigenvalue weighted by molar-refractivity contribution is 7.76. The lowest BCUT2D eigenvalue weighted by atomic mass is 10.1. The van der Waals surface area contributed by atoms with Gasteiger partial charge >= 0.3 is 0 Å². The van der Waals surface area contributed by atoms with Crippen molar-refractivity contribution >= 4 is 17.9 Å². The number of nitrogens with zero attached hydrogens (tertiary/aromatic N) is 1. The second-order valence-corrected chi connectivity index (χ2v) is 8.85. The first-order valence-electron chi connectivity index (χ1n) is 7.61. The fraction of sp³-hybridized carbons (Fsp3) is 0.333. The molecule has 0 spiro atoms. The standard InChI is InChI=1S/C18H22NOP/c1-15(2)13-16-14-19(16)21(20,17-9-5-3-6-10-17)18-11-7-4-8-12-18/h3-12,15-16H,13-14H2,1-2H3/t16-,19?/m1/s1. The fourth-order valence-corrected chi connectivity index (χ4v) is 5.98. The molecule has 1 aliphatic heterocycles. The van der Waals surface area contributed by atoms with Crippen LogP contribution in [0, 0.1) is 5.92 Å². The molecule has 0 aliphatic carbocycles. The maximum absolute atomic E-state index is 13.9. The molecule has 1 aliphatic rings. The summed E-state index contributed by atoms with van der Waals surface area (Å²) in [6.45, 7) is 5.40. The van der Waals surface area contributed by atoms with E-state index in [2.05, 4.69) is 18.5 Å². The van der Waals surface area contributed by atoms with E-state index >= 15 is 0 Å². The highest BCUT2D eigenvalue weighted by Gasteiger charge is 2.48. The topological polar surface area (TPSA) is 20.1 Å². The molecule has 1 fully saturated rings. The van der Waals surface area contributed by atoms with Gasteiger partial charge < -0.3 is 0 Å². The van der Waals surface area contributed by atoms with Crippen LogP contribution in [-0.4, -0.2) is 17.3 Å². The molecule has 0 amide bonds. The Balaban J connectivity index is 2.00. The summed E-state index contributed by atoms with van der Waals surface area (Å²) in [5.41, 5.74) is 0. The Bertz CT molecular complexity index is 595. The molecule has 2 atom stereocenters. The van der Waals surface area contributed by atoms with Crippen LogP contribution in [0.5, 0.6) is 0 Å². The average molecular weight is 299 g/mol. The molecule has 3 rings (SSSR count). The summed E-state index contributed by atoms with van der Waals surface area (Å²) in [7, 11) is -2.66. The summed E-state index contributed by atoms with van der Waals surface area (Å²) in [6.07, 6.45) is 1.11. The average Bonchev–Trinajstić information content (AvgIpc) is 3.27. The maximum Gasteiger partial charge on any atom is 0.207 e. The fourth-order valence-electron chi connectivity index (χ4n) is 2.96. The summed E-state index contributed by atoms with van der Waals surface area (Å²) in [5.74, 6) is 0.639. The van der Waals surface area contributed by atoms with Gasteiger partial charge in [0.2, 0.25) is 7.29 Å². The van der Waals surface area contributed by atoms with E-state index in [1.807, 2.05) is 60.7 Å². The first kappa shape index (κ1) is 14.6. The smallest absolute Gasteiger partial charge is 0.207 e. The van der Waals surface area contributed by atoms with Gasteiger partial charge in [-0.05, 0) is 36.6 Å². The Labute approximate surface area is 127 Å². The summed E-state index contributed by atoms with van der Waals surface area (Å²) in [6, 6.07) is 20.3. The minimum Gasteiger partial charge on any atom is -0.296 e. The lowest BCUT2D eigenvalue weighted by Gasteiger charge is -2.21. The summed E-state index contributed by atoms with van der Waals surface area (Å²) < 4.78 is 16.1. The van der Waals surface area contributed by atoms with E-state index in [1.54, 1.807) is 0 Å². The SMILES string of the molecule is CC(C)C[C@@H]1CN1P(=O)(c1ccccc1)c1ccccc1. The van der Waals surface area contributed by atoms with Gasteiger partial charge in [0.05, 0.1) is 0 Å². The largest absolute Gasteiger partial charge is 0.296 e. The van der Waals surface area contributed by atoms with E-state index in [9.17, 15) is 4.57 Å². The van der Waals surface area contributed by atoms with E-state index in [-0.39, 0.29) is 0 Å². The molecule has 3 heteroatoms. The molecular weight excluding hydrogens is 277 g/mol. The molecule has 110 valence electrons. The second-order valence-electron chi connectivity index (χ2n) is 6.15. The highest BCUT2D eigenvalue weighted by Crippen LogP contribution is 2.55. The Morgan fingerprint density at radius 2 is 1.48 bits per heavy atom. The van der Waals surface area contributed by atoms with Gasteiger partial charge in [0.25, 0.3) is 0 Å². The van der Waals surface area contributed by atoms with Gasteiger partial charge in [-0.2, -0.15) is 0 Å². The summed E-state index contributed by atoms with van der Waals surface area (Å²) in [5, 5.41) is 1.89. The molecule has 0 radical (unpaired) electrons. The lowest BCUT2D eigenvalue weighted by Crippen LogP contribution is -2.22. The van der Waals surface area contributed by atoms with Crippen LogP contribution >= 0.6 is 7.29 Å². The van der Waals surface area contributed by atoms with Crippen molar-refractivity contribution in [3.8, 4) is 0 Å². The third-order valence-electron chi connectivity index (χ3n) is 4.00. The molecule has 0 saturated carbocycles. The third kappa shape index (κ3) is 2.84. The van der Waals surface area contributed by atoms with Crippen LogP contribution in [0.15, 0.2) is 60.7 Å². The van der Waals surface area contributed by atoms with Gasteiger partial charge in [0.15, 0.2) is 0 Å². The molecule has 1 heterocycles. The predicted molar refractivity (Wildman–Crippen MR) is 89.7 cm³/mol. The molecule has 1 saturated heterocycles. The van der Waals surface area contributed by atoms with E-state index in [1.165, 1.54) is 0 Å². The van der Waals surface area contributed by atoms with Crippen molar-refractivity contribution < 1.29 is 4.57 Å². The van der Waals surface area contributed by atoms with Crippen molar-refractivity contribution in [2.75, 3.05) is 6.54 Å². The van der Waals surface area contributed by atoms with E-state index in [0.717, 1.165) is 23.6 Å². The van der Waals surface area contributed by atoms with Crippen molar-refractivity contribution in [2.45, 2.75) is 26.3 Å². The van der Waals surface area contributed by atoms with Gasteiger partial charge in [-0.15, -0.1) is 0 Å². The monoisotopic (exact) mass is 299 g/mol. The Morgan fingerprint density at radius 1 is 1.00 bits per heavy atom. The minimum absolute atomic E-state index is 0.455.